The molecule has 0 radical (unpaired) electrons. The summed E-state index contributed by atoms with van der Waals surface area (Å²) >= 11 is 0.707. The number of nitriles is 1. The first kappa shape index (κ1) is 24.6. The Hall–Kier alpha value is -2.77. The lowest BCUT2D eigenvalue weighted by atomic mass is 10.1. The van der Waals surface area contributed by atoms with Gasteiger partial charge in [-0.15, -0.1) is 10.2 Å². The molecule has 11 nitrogen and oxygen atoms in total. The zero-order chi connectivity index (χ0) is 25.9. The van der Waals surface area contributed by atoms with Crippen LogP contribution in [0.3, 0.4) is 0 Å². The number of ether oxygens (including phenoxy) is 1. The summed E-state index contributed by atoms with van der Waals surface area (Å²) in [5.41, 5.74) is 0.150. The van der Waals surface area contributed by atoms with Crippen molar-refractivity contribution in [1.29, 1.82) is 5.26 Å². The van der Waals surface area contributed by atoms with E-state index in [0.29, 0.717) is 61.7 Å². The highest BCUT2D eigenvalue weighted by molar-refractivity contribution is 7.89. The Kier molecular flexibility index (Phi) is 5.92. The quantitative estimate of drug-likeness (QED) is 0.490. The molecule has 0 unspecified atom stereocenters. The fraction of sp³-hybridized carbons (Fsp3) is 0.545. The number of anilines is 1. The molecule has 196 valence electrons. The van der Waals surface area contributed by atoms with Crippen LogP contribution in [0, 0.1) is 11.3 Å². The van der Waals surface area contributed by atoms with Gasteiger partial charge in [-0.25, -0.2) is 22.2 Å². The second-order valence-electron chi connectivity index (χ2n) is 9.66. The van der Waals surface area contributed by atoms with Gasteiger partial charge in [0.25, 0.3) is 6.43 Å². The second-order valence-corrected chi connectivity index (χ2v) is 12.4. The number of rotatable bonds is 6. The third-order valence-electron chi connectivity index (χ3n) is 7.11. The summed E-state index contributed by atoms with van der Waals surface area (Å²) in [6.45, 7) is 5.49. The fourth-order valence-electron chi connectivity index (χ4n) is 5.06. The van der Waals surface area contributed by atoms with Crippen molar-refractivity contribution in [2.24, 2.45) is 0 Å². The van der Waals surface area contributed by atoms with Crippen LogP contribution in [0.5, 0.6) is 0 Å². The standard InChI is InChI=1S/C22H24F2N8O3S2/c1-13-8-30(9-14-11-35-5-4-31(13)14)16-6-15(37(33,34)29-22(12-25)2-3-22)10-32-17(16)7-26-19(32)21-28-27-20(36-21)18(23)24/h6-7,10,13-14,18,29H,2-5,8-9,11H2,1H3/t13-,14+/m0/s1. The van der Waals surface area contributed by atoms with Crippen LogP contribution < -0.4 is 9.62 Å². The third-order valence-corrected chi connectivity index (χ3v) is 9.54. The molecule has 6 rings (SSSR count). The minimum atomic E-state index is -4.08. The average Bonchev–Trinajstić information content (AvgIpc) is 3.27. The molecule has 1 N–H and O–H groups in total. The first-order chi connectivity index (χ1) is 17.7. The van der Waals surface area contributed by atoms with E-state index in [9.17, 15) is 22.5 Å². The predicted molar refractivity (Wildman–Crippen MR) is 130 cm³/mol. The number of sulfonamides is 1. The topological polar surface area (TPSA) is 129 Å². The van der Waals surface area contributed by atoms with E-state index in [1.165, 1.54) is 6.20 Å². The number of hydrogen-bond donors (Lipinski definition) is 1. The maximum Gasteiger partial charge on any atom is 0.291 e. The highest BCUT2D eigenvalue weighted by atomic mass is 32.2. The van der Waals surface area contributed by atoms with Crippen LogP contribution >= 0.6 is 11.3 Å². The Bertz CT molecular complexity index is 1500. The molecular formula is C22H24F2N8O3S2. The maximum absolute atomic E-state index is 13.4. The molecule has 5 heterocycles. The molecule has 2 aliphatic heterocycles. The number of morpholine rings is 1. The summed E-state index contributed by atoms with van der Waals surface area (Å²) in [4.78, 5) is 8.88. The number of piperazine rings is 1. The van der Waals surface area contributed by atoms with Crippen molar-refractivity contribution in [1.82, 2.24) is 29.2 Å². The van der Waals surface area contributed by atoms with E-state index in [4.69, 9.17) is 4.74 Å². The molecule has 2 saturated heterocycles. The smallest absolute Gasteiger partial charge is 0.291 e. The Morgan fingerprint density at radius 3 is 2.84 bits per heavy atom. The number of hydrogen-bond acceptors (Lipinski definition) is 10. The molecule has 0 amide bonds. The van der Waals surface area contributed by atoms with Gasteiger partial charge in [0.15, 0.2) is 15.8 Å². The minimum absolute atomic E-state index is 0.0515. The highest BCUT2D eigenvalue weighted by Gasteiger charge is 2.47. The zero-order valence-electron chi connectivity index (χ0n) is 19.8. The van der Waals surface area contributed by atoms with Gasteiger partial charge in [0.05, 0.1) is 42.7 Å². The van der Waals surface area contributed by atoms with Crippen molar-refractivity contribution in [3.05, 3.63) is 23.5 Å². The summed E-state index contributed by atoms with van der Waals surface area (Å²) in [5, 5.41) is 16.6. The van der Waals surface area contributed by atoms with E-state index >= 15 is 0 Å². The number of nitrogens with one attached hydrogen (secondary N) is 1. The van der Waals surface area contributed by atoms with E-state index in [-0.39, 0.29) is 27.8 Å². The van der Waals surface area contributed by atoms with E-state index < -0.39 is 27.0 Å². The lowest BCUT2D eigenvalue weighted by molar-refractivity contribution is -0.0317. The lowest BCUT2D eigenvalue weighted by Crippen LogP contribution is -2.62. The van der Waals surface area contributed by atoms with Gasteiger partial charge in [-0.3, -0.25) is 9.30 Å². The van der Waals surface area contributed by atoms with Crippen molar-refractivity contribution in [2.45, 2.75) is 48.7 Å². The van der Waals surface area contributed by atoms with Crippen LogP contribution in [-0.2, 0) is 14.8 Å². The monoisotopic (exact) mass is 550 g/mol. The minimum Gasteiger partial charge on any atom is -0.378 e. The molecule has 15 heteroatoms. The molecule has 3 aromatic heterocycles. The van der Waals surface area contributed by atoms with Gasteiger partial charge >= 0.3 is 0 Å². The van der Waals surface area contributed by atoms with Gasteiger partial charge in [-0.2, -0.15) is 9.98 Å². The van der Waals surface area contributed by atoms with Crippen molar-refractivity contribution in [3.8, 4) is 16.9 Å². The predicted octanol–water partition coefficient (Wildman–Crippen LogP) is 2.03. The number of pyridine rings is 1. The maximum atomic E-state index is 13.4. The molecule has 37 heavy (non-hydrogen) atoms. The molecule has 2 atom stereocenters. The van der Waals surface area contributed by atoms with Gasteiger partial charge in [0, 0.05) is 31.9 Å². The van der Waals surface area contributed by atoms with Gasteiger partial charge in [0.1, 0.15) is 10.4 Å². The molecule has 3 aliphatic rings. The van der Waals surface area contributed by atoms with Crippen molar-refractivity contribution in [3.63, 3.8) is 0 Å². The van der Waals surface area contributed by atoms with Crippen LogP contribution in [0.2, 0.25) is 0 Å². The number of aromatic nitrogens is 4. The SMILES string of the molecule is C[C@H]1CN(c2cc(S(=O)(=O)NC3(C#N)CC3)cn3c(-c4nnc(C(F)F)s4)ncc23)C[C@@H]2COCCN21. The molecule has 0 bridgehead atoms. The summed E-state index contributed by atoms with van der Waals surface area (Å²) in [5.74, 6) is 0.215. The first-order valence-electron chi connectivity index (χ1n) is 11.9. The number of alkyl halides is 2. The Morgan fingerprint density at radius 2 is 2.14 bits per heavy atom. The lowest BCUT2D eigenvalue weighted by Gasteiger charge is -2.48. The van der Waals surface area contributed by atoms with Crippen LogP contribution in [0.15, 0.2) is 23.4 Å². The van der Waals surface area contributed by atoms with Crippen molar-refractivity contribution >= 4 is 32.6 Å². The number of halogens is 2. The van der Waals surface area contributed by atoms with E-state index in [0.717, 1.165) is 6.54 Å². The van der Waals surface area contributed by atoms with E-state index in [2.05, 4.69) is 36.6 Å². The molecule has 1 aliphatic carbocycles. The molecule has 1 saturated carbocycles. The van der Waals surface area contributed by atoms with E-state index in [1.54, 1.807) is 16.7 Å². The van der Waals surface area contributed by atoms with Crippen molar-refractivity contribution < 1.29 is 21.9 Å². The Morgan fingerprint density at radius 1 is 1.32 bits per heavy atom. The second kappa shape index (κ2) is 8.91. The molecule has 3 aromatic rings. The van der Waals surface area contributed by atoms with E-state index in [1.807, 2.05) is 6.07 Å². The third kappa shape index (κ3) is 4.36. The zero-order valence-corrected chi connectivity index (χ0v) is 21.5. The molecule has 0 aromatic carbocycles. The van der Waals surface area contributed by atoms with Crippen LogP contribution in [0.1, 0.15) is 31.2 Å². The number of imidazole rings is 1. The van der Waals surface area contributed by atoms with Crippen LogP contribution in [-0.4, -0.2) is 83.4 Å². The molecule has 0 spiro atoms. The highest BCUT2D eigenvalue weighted by Crippen LogP contribution is 2.38. The Labute approximate surface area is 215 Å². The van der Waals surface area contributed by atoms with Gasteiger partial charge in [0.2, 0.25) is 10.0 Å². The summed E-state index contributed by atoms with van der Waals surface area (Å²) in [6.07, 6.45) is 1.09. The Balaban J connectivity index is 1.47. The first-order valence-corrected chi connectivity index (χ1v) is 14.2. The van der Waals surface area contributed by atoms with Gasteiger partial charge in [-0.05, 0) is 25.8 Å². The van der Waals surface area contributed by atoms with Gasteiger partial charge < -0.3 is 9.64 Å². The summed E-state index contributed by atoms with van der Waals surface area (Å²) in [7, 11) is -4.08. The molecular weight excluding hydrogens is 526 g/mol. The fourth-order valence-corrected chi connectivity index (χ4v) is 7.14. The summed E-state index contributed by atoms with van der Waals surface area (Å²) < 4.78 is 63.0. The normalized spacial score (nSPS) is 23.8. The van der Waals surface area contributed by atoms with Gasteiger partial charge in [-0.1, -0.05) is 11.3 Å². The van der Waals surface area contributed by atoms with Crippen molar-refractivity contribution in [2.75, 3.05) is 37.7 Å². The van der Waals surface area contributed by atoms with Crippen LogP contribution in [0.25, 0.3) is 16.3 Å². The number of fused-ring (bicyclic) bond motifs is 2. The largest absolute Gasteiger partial charge is 0.378 e. The summed E-state index contributed by atoms with van der Waals surface area (Å²) in [6, 6.07) is 3.98. The number of nitrogens with zero attached hydrogens (tertiary/aromatic N) is 7. The molecule has 3 fully saturated rings. The van der Waals surface area contributed by atoms with Crippen LogP contribution in [0.4, 0.5) is 14.5 Å². The average molecular weight is 551 g/mol.